The van der Waals surface area contributed by atoms with E-state index < -0.39 is 0 Å². The monoisotopic (exact) mass is 268 g/mol. The molecule has 1 aromatic heterocycles. The van der Waals surface area contributed by atoms with E-state index in [9.17, 15) is 4.79 Å². The molecule has 0 fully saturated rings. The van der Waals surface area contributed by atoms with E-state index >= 15 is 0 Å². The van der Waals surface area contributed by atoms with E-state index in [0.717, 1.165) is 18.0 Å². The molecule has 1 aromatic rings. The Balaban J connectivity index is 2.47. The van der Waals surface area contributed by atoms with E-state index in [1.807, 2.05) is 36.3 Å². The van der Waals surface area contributed by atoms with E-state index in [2.05, 4.69) is 5.32 Å². The molecule has 92 valence electrons. The fourth-order valence-corrected chi connectivity index (χ4v) is 2.26. The molecule has 0 atom stereocenters. The number of amides is 1. The van der Waals surface area contributed by atoms with Gasteiger partial charge in [0.1, 0.15) is 0 Å². The maximum absolute atomic E-state index is 11.6. The first-order chi connectivity index (χ1) is 8.17. The average molecular weight is 268 g/mol. The highest BCUT2D eigenvalue weighted by Gasteiger charge is 2.06. The van der Waals surface area contributed by atoms with Gasteiger partial charge in [-0.25, -0.2) is 0 Å². The first-order valence-electron chi connectivity index (χ1n) is 5.48. The molecule has 0 radical (unpaired) electrons. The van der Waals surface area contributed by atoms with Crippen LogP contribution in [-0.4, -0.2) is 29.0 Å². The van der Waals surface area contributed by atoms with Crippen LogP contribution in [0.4, 0.5) is 0 Å². The zero-order chi connectivity index (χ0) is 12.7. The summed E-state index contributed by atoms with van der Waals surface area (Å²) >= 11 is 6.72. The molecule has 0 aromatic carbocycles. The second-order valence-electron chi connectivity index (χ2n) is 3.32. The molecular formula is C12H16N2OS2. The molecular weight excluding hydrogens is 252 g/mol. The van der Waals surface area contributed by atoms with E-state index in [4.69, 9.17) is 12.2 Å². The number of nitrogens with one attached hydrogen (secondary N) is 1. The highest BCUT2D eigenvalue weighted by molar-refractivity contribution is 7.80. The first-order valence-corrected chi connectivity index (χ1v) is 6.77. The zero-order valence-electron chi connectivity index (χ0n) is 9.97. The van der Waals surface area contributed by atoms with Crippen molar-refractivity contribution in [2.45, 2.75) is 13.8 Å². The van der Waals surface area contributed by atoms with E-state index in [0.29, 0.717) is 5.11 Å². The Labute approximate surface area is 111 Å². The Bertz CT molecular complexity index is 395. The molecule has 0 unspecified atom stereocenters. The summed E-state index contributed by atoms with van der Waals surface area (Å²) in [6.07, 6.45) is 3.28. The first kappa shape index (κ1) is 13.9. The third kappa shape index (κ3) is 4.66. The minimum absolute atomic E-state index is 0.185. The maximum atomic E-state index is 11.6. The molecule has 1 N–H and O–H groups in total. The predicted octanol–water partition coefficient (Wildman–Crippen LogP) is 2.50. The van der Waals surface area contributed by atoms with Crippen LogP contribution in [0, 0.1) is 0 Å². The van der Waals surface area contributed by atoms with Gasteiger partial charge in [0.25, 0.3) is 0 Å². The number of rotatable bonds is 4. The normalized spacial score (nSPS) is 10.5. The van der Waals surface area contributed by atoms with Gasteiger partial charge in [-0.05, 0) is 43.6 Å². The van der Waals surface area contributed by atoms with E-state index in [-0.39, 0.29) is 5.91 Å². The van der Waals surface area contributed by atoms with Crippen LogP contribution < -0.4 is 5.32 Å². The number of nitrogens with zero attached hydrogens (tertiary/aromatic N) is 1. The molecule has 0 spiro atoms. The minimum Gasteiger partial charge on any atom is -0.350 e. The molecule has 0 saturated heterocycles. The van der Waals surface area contributed by atoms with Crippen molar-refractivity contribution in [3.63, 3.8) is 0 Å². The number of hydrogen-bond acceptors (Lipinski definition) is 3. The highest BCUT2D eigenvalue weighted by atomic mass is 32.1. The molecule has 0 bridgehead atoms. The standard InChI is InChI=1S/C12H16N2OS2/c1-3-14(4-2)12(16)13-11(15)8-7-10-6-5-9-17-10/h5-9H,3-4H2,1-2H3,(H,13,15,16). The van der Waals surface area contributed by atoms with Crippen LogP contribution in [0.3, 0.4) is 0 Å². The molecule has 1 heterocycles. The SMILES string of the molecule is CCN(CC)C(=S)NC(=O)C=Cc1cccs1. The summed E-state index contributed by atoms with van der Waals surface area (Å²) in [5.74, 6) is -0.185. The van der Waals surface area contributed by atoms with Gasteiger partial charge in [0.2, 0.25) is 5.91 Å². The fourth-order valence-electron chi connectivity index (χ4n) is 1.28. The molecule has 0 aliphatic carbocycles. The lowest BCUT2D eigenvalue weighted by Gasteiger charge is -2.21. The smallest absolute Gasteiger partial charge is 0.250 e. The van der Waals surface area contributed by atoms with Gasteiger partial charge in [0, 0.05) is 24.0 Å². The largest absolute Gasteiger partial charge is 0.350 e. The van der Waals surface area contributed by atoms with Crippen molar-refractivity contribution in [1.82, 2.24) is 10.2 Å². The number of thiocarbonyl (C=S) groups is 1. The molecule has 0 saturated carbocycles. The predicted molar refractivity (Wildman–Crippen MR) is 77.0 cm³/mol. The van der Waals surface area contributed by atoms with Gasteiger partial charge < -0.3 is 4.90 Å². The molecule has 0 aliphatic rings. The van der Waals surface area contributed by atoms with E-state index in [1.54, 1.807) is 17.4 Å². The van der Waals surface area contributed by atoms with Gasteiger partial charge in [-0.2, -0.15) is 0 Å². The summed E-state index contributed by atoms with van der Waals surface area (Å²) in [6, 6.07) is 3.90. The van der Waals surface area contributed by atoms with Crippen LogP contribution in [0.1, 0.15) is 18.7 Å². The van der Waals surface area contributed by atoms with Crippen LogP contribution in [0.2, 0.25) is 0 Å². The summed E-state index contributed by atoms with van der Waals surface area (Å²) in [5, 5.41) is 5.13. The van der Waals surface area contributed by atoms with Gasteiger partial charge in [0.05, 0.1) is 0 Å². The van der Waals surface area contributed by atoms with E-state index in [1.165, 1.54) is 6.08 Å². The van der Waals surface area contributed by atoms with Crippen molar-refractivity contribution < 1.29 is 4.79 Å². The summed E-state index contributed by atoms with van der Waals surface area (Å²) < 4.78 is 0. The molecule has 1 rings (SSSR count). The van der Waals surface area contributed by atoms with Gasteiger partial charge in [-0.15, -0.1) is 11.3 Å². The second-order valence-corrected chi connectivity index (χ2v) is 4.68. The van der Waals surface area contributed by atoms with Crippen LogP contribution >= 0.6 is 23.6 Å². The third-order valence-electron chi connectivity index (χ3n) is 2.22. The Morgan fingerprint density at radius 1 is 1.53 bits per heavy atom. The Morgan fingerprint density at radius 2 is 2.24 bits per heavy atom. The van der Waals surface area contributed by atoms with Crippen molar-refractivity contribution in [2.75, 3.05) is 13.1 Å². The summed E-state index contributed by atoms with van der Waals surface area (Å²) in [7, 11) is 0. The van der Waals surface area contributed by atoms with Crippen LogP contribution in [0.25, 0.3) is 6.08 Å². The van der Waals surface area contributed by atoms with Gasteiger partial charge in [-0.3, -0.25) is 10.1 Å². The fraction of sp³-hybridized carbons (Fsp3) is 0.333. The van der Waals surface area contributed by atoms with Gasteiger partial charge in [0.15, 0.2) is 5.11 Å². The molecule has 17 heavy (non-hydrogen) atoms. The lowest BCUT2D eigenvalue weighted by Crippen LogP contribution is -2.41. The molecule has 0 aliphatic heterocycles. The van der Waals surface area contributed by atoms with Crippen molar-refractivity contribution >= 4 is 40.7 Å². The summed E-state index contributed by atoms with van der Waals surface area (Å²) in [4.78, 5) is 14.6. The van der Waals surface area contributed by atoms with Gasteiger partial charge in [-0.1, -0.05) is 6.07 Å². The topological polar surface area (TPSA) is 32.3 Å². The molecule has 3 nitrogen and oxygen atoms in total. The van der Waals surface area contributed by atoms with Crippen molar-refractivity contribution in [2.24, 2.45) is 0 Å². The number of carbonyl (C=O) groups excluding carboxylic acids is 1. The van der Waals surface area contributed by atoms with Crippen LogP contribution in [-0.2, 0) is 4.79 Å². The van der Waals surface area contributed by atoms with Crippen LogP contribution in [0.15, 0.2) is 23.6 Å². The van der Waals surface area contributed by atoms with Crippen molar-refractivity contribution in [1.29, 1.82) is 0 Å². The number of hydrogen-bond donors (Lipinski definition) is 1. The Kier molecular flexibility index (Phi) is 5.86. The lowest BCUT2D eigenvalue weighted by atomic mass is 10.4. The average Bonchev–Trinajstić information content (AvgIpc) is 2.81. The van der Waals surface area contributed by atoms with Gasteiger partial charge >= 0.3 is 0 Å². The Morgan fingerprint density at radius 3 is 2.76 bits per heavy atom. The number of thiophene rings is 1. The highest BCUT2D eigenvalue weighted by Crippen LogP contribution is 2.09. The van der Waals surface area contributed by atoms with Crippen molar-refractivity contribution in [3.8, 4) is 0 Å². The quantitative estimate of drug-likeness (QED) is 0.672. The third-order valence-corrected chi connectivity index (χ3v) is 3.42. The lowest BCUT2D eigenvalue weighted by molar-refractivity contribution is -0.115. The van der Waals surface area contributed by atoms with Crippen molar-refractivity contribution in [3.05, 3.63) is 28.5 Å². The minimum atomic E-state index is -0.185. The zero-order valence-corrected chi connectivity index (χ0v) is 11.6. The summed E-state index contributed by atoms with van der Waals surface area (Å²) in [6.45, 7) is 5.60. The molecule has 5 heteroatoms. The Hall–Kier alpha value is -1.20. The van der Waals surface area contributed by atoms with Crippen LogP contribution in [0.5, 0.6) is 0 Å². The second kappa shape index (κ2) is 7.19. The molecule has 1 amide bonds. The number of carbonyl (C=O) groups is 1. The maximum Gasteiger partial charge on any atom is 0.250 e. The summed E-state index contributed by atoms with van der Waals surface area (Å²) in [5.41, 5.74) is 0.